The van der Waals surface area contributed by atoms with Crippen LogP contribution in [0.3, 0.4) is 0 Å². The standard InChI is InChI=1S/C23H25F3N2O3/c1-14-5-7-17(10-19(14)27-11-15(12-27)21(29)30-4)28-13-22(2,3)31-20-9-16(23(24,25)26)6-8-18(20)28/h5-10,15H,11-13H2,1-4H3. The minimum atomic E-state index is -4.43. The van der Waals surface area contributed by atoms with Crippen LogP contribution in [0.4, 0.5) is 30.2 Å². The SMILES string of the molecule is COC(=O)C1CN(c2cc(N3CC(C)(C)Oc4cc(C(F)(F)F)ccc43)ccc2C)C1. The van der Waals surface area contributed by atoms with Crippen molar-refractivity contribution in [1.82, 2.24) is 0 Å². The van der Waals surface area contributed by atoms with Crippen molar-refractivity contribution in [2.45, 2.75) is 32.5 Å². The second-order valence-electron chi connectivity index (χ2n) is 8.72. The van der Waals surface area contributed by atoms with Crippen molar-refractivity contribution in [3.05, 3.63) is 47.5 Å². The fraction of sp³-hybridized carbons (Fsp3) is 0.435. The van der Waals surface area contributed by atoms with Crippen LogP contribution in [0.2, 0.25) is 0 Å². The summed E-state index contributed by atoms with van der Waals surface area (Å²) in [6.07, 6.45) is -4.43. The molecule has 166 valence electrons. The molecule has 8 heteroatoms. The minimum absolute atomic E-state index is 0.142. The largest absolute Gasteiger partial charge is 0.484 e. The van der Waals surface area contributed by atoms with E-state index in [1.165, 1.54) is 13.2 Å². The third-order valence-electron chi connectivity index (χ3n) is 5.76. The number of halogens is 3. The number of rotatable bonds is 3. The summed E-state index contributed by atoms with van der Waals surface area (Å²) >= 11 is 0. The Hall–Kier alpha value is -2.90. The molecule has 2 aliphatic rings. The molecule has 31 heavy (non-hydrogen) atoms. The number of aryl methyl sites for hydroxylation is 1. The molecule has 0 radical (unpaired) electrons. The van der Waals surface area contributed by atoms with Crippen molar-refractivity contribution < 1.29 is 27.4 Å². The molecule has 0 bridgehead atoms. The van der Waals surface area contributed by atoms with Crippen LogP contribution in [-0.2, 0) is 15.7 Å². The van der Waals surface area contributed by atoms with E-state index in [2.05, 4.69) is 4.90 Å². The summed E-state index contributed by atoms with van der Waals surface area (Å²) in [7, 11) is 1.39. The lowest BCUT2D eigenvalue weighted by Crippen LogP contribution is -2.51. The van der Waals surface area contributed by atoms with Crippen LogP contribution in [0.25, 0.3) is 0 Å². The Bertz CT molecular complexity index is 1010. The Morgan fingerprint density at radius 3 is 2.48 bits per heavy atom. The van der Waals surface area contributed by atoms with Gasteiger partial charge in [0.1, 0.15) is 11.4 Å². The number of esters is 1. The number of alkyl halides is 3. The van der Waals surface area contributed by atoms with Crippen molar-refractivity contribution in [3.63, 3.8) is 0 Å². The van der Waals surface area contributed by atoms with Crippen LogP contribution in [-0.4, -0.2) is 38.3 Å². The zero-order valence-electron chi connectivity index (χ0n) is 17.9. The van der Waals surface area contributed by atoms with Gasteiger partial charge < -0.3 is 19.3 Å². The average Bonchev–Trinajstić information content (AvgIpc) is 2.65. The number of benzene rings is 2. The molecule has 0 atom stereocenters. The van der Waals surface area contributed by atoms with Crippen LogP contribution >= 0.6 is 0 Å². The summed E-state index contributed by atoms with van der Waals surface area (Å²) in [5.41, 5.74) is 2.11. The second-order valence-corrected chi connectivity index (χ2v) is 8.72. The van der Waals surface area contributed by atoms with E-state index in [9.17, 15) is 18.0 Å². The lowest BCUT2D eigenvalue weighted by molar-refractivity contribution is -0.146. The molecule has 0 saturated carbocycles. The molecule has 1 fully saturated rings. The molecule has 2 aromatic carbocycles. The first-order valence-corrected chi connectivity index (χ1v) is 10.1. The van der Waals surface area contributed by atoms with E-state index in [0.29, 0.717) is 25.3 Å². The molecule has 1 saturated heterocycles. The van der Waals surface area contributed by atoms with E-state index < -0.39 is 17.3 Å². The molecular formula is C23H25F3N2O3. The number of methoxy groups -OCH3 is 1. The topological polar surface area (TPSA) is 42.0 Å². The van der Waals surface area contributed by atoms with Gasteiger partial charge in [-0.05, 0) is 56.7 Å². The van der Waals surface area contributed by atoms with Crippen LogP contribution in [0.1, 0.15) is 25.0 Å². The van der Waals surface area contributed by atoms with E-state index in [1.807, 2.05) is 43.9 Å². The fourth-order valence-corrected chi connectivity index (χ4v) is 4.12. The summed E-state index contributed by atoms with van der Waals surface area (Å²) in [5.74, 6) is -0.144. The first-order valence-electron chi connectivity index (χ1n) is 10.1. The smallest absolute Gasteiger partial charge is 0.416 e. The van der Waals surface area contributed by atoms with Gasteiger partial charge in [-0.25, -0.2) is 0 Å². The van der Waals surface area contributed by atoms with Crippen molar-refractivity contribution in [2.75, 3.05) is 36.5 Å². The molecule has 0 amide bonds. The monoisotopic (exact) mass is 434 g/mol. The maximum absolute atomic E-state index is 13.2. The summed E-state index contributed by atoms with van der Waals surface area (Å²) in [6, 6.07) is 9.57. The highest BCUT2D eigenvalue weighted by Crippen LogP contribution is 2.45. The predicted molar refractivity (Wildman–Crippen MR) is 112 cm³/mol. The van der Waals surface area contributed by atoms with Crippen LogP contribution < -0.4 is 14.5 Å². The second kappa shape index (κ2) is 7.35. The van der Waals surface area contributed by atoms with E-state index >= 15 is 0 Å². The number of nitrogens with zero attached hydrogens (tertiary/aromatic N) is 2. The first kappa shape index (κ1) is 21.3. The summed E-state index contributed by atoms with van der Waals surface area (Å²) in [4.78, 5) is 15.8. The third-order valence-corrected chi connectivity index (χ3v) is 5.76. The normalized spacial score (nSPS) is 18.2. The van der Waals surface area contributed by atoms with Gasteiger partial charge in [-0.15, -0.1) is 0 Å². The van der Waals surface area contributed by atoms with E-state index in [1.54, 1.807) is 0 Å². The summed E-state index contributed by atoms with van der Waals surface area (Å²) in [6.45, 7) is 7.35. The number of hydrogen-bond acceptors (Lipinski definition) is 5. The van der Waals surface area contributed by atoms with Crippen LogP contribution in [0.5, 0.6) is 5.75 Å². The van der Waals surface area contributed by atoms with Crippen molar-refractivity contribution in [2.24, 2.45) is 5.92 Å². The van der Waals surface area contributed by atoms with Crippen LogP contribution in [0, 0.1) is 12.8 Å². The molecule has 0 aliphatic carbocycles. The summed E-state index contributed by atoms with van der Waals surface area (Å²) in [5, 5.41) is 0. The molecule has 2 aliphatic heterocycles. The predicted octanol–water partition coefficient (Wildman–Crippen LogP) is 4.93. The van der Waals surface area contributed by atoms with Gasteiger partial charge in [0.05, 0.1) is 30.8 Å². The van der Waals surface area contributed by atoms with E-state index in [4.69, 9.17) is 9.47 Å². The lowest BCUT2D eigenvalue weighted by Gasteiger charge is -2.43. The molecule has 0 N–H and O–H groups in total. The number of ether oxygens (including phenoxy) is 2. The van der Waals surface area contributed by atoms with Crippen LogP contribution in [0.15, 0.2) is 36.4 Å². The Balaban J connectivity index is 1.68. The number of hydrogen-bond donors (Lipinski definition) is 0. The molecule has 2 heterocycles. The Labute approximate surface area is 179 Å². The van der Waals surface area contributed by atoms with Crippen molar-refractivity contribution >= 4 is 23.0 Å². The maximum atomic E-state index is 13.2. The van der Waals surface area contributed by atoms with Gasteiger partial charge >= 0.3 is 12.1 Å². The zero-order chi connectivity index (χ0) is 22.6. The highest BCUT2D eigenvalue weighted by Gasteiger charge is 2.38. The van der Waals surface area contributed by atoms with Gasteiger partial charge in [0.2, 0.25) is 0 Å². The number of carbonyl (C=O) groups excluding carboxylic acids is 1. The summed E-state index contributed by atoms with van der Waals surface area (Å²) < 4.78 is 50.3. The first-order chi connectivity index (χ1) is 14.5. The van der Waals surface area contributed by atoms with Crippen molar-refractivity contribution in [1.29, 1.82) is 0 Å². The van der Waals surface area contributed by atoms with Gasteiger partial charge in [0.25, 0.3) is 0 Å². The lowest BCUT2D eigenvalue weighted by atomic mass is 9.97. The minimum Gasteiger partial charge on any atom is -0.484 e. The Kier molecular flexibility index (Phi) is 5.06. The Morgan fingerprint density at radius 2 is 1.84 bits per heavy atom. The average molecular weight is 434 g/mol. The zero-order valence-corrected chi connectivity index (χ0v) is 17.9. The molecular weight excluding hydrogens is 409 g/mol. The molecule has 0 aromatic heterocycles. The molecule has 0 spiro atoms. The van der Waals surface area contributed by atoms with Crippen molar-refractivity contribution in [3.8, 4) is 5.75 Å². The van der Waals surface area contributed by atoms with Gasteiger partial charge in [-0.3, -0.25) is 4.79 Å². The number of fused-ring (bicyclic) bond motifs is 1. The van der Waals surface area contributed by atoms with Gasteiger partial charge in [-0.1, -0.05) is 6.07 Å². The quantitative estimate of drug-likeness (QED) is 0.641. The number of carbonyl (C=O) groups is 1. The third kappa shape index (κ3) is 4.03. The molecule has 0 unspecified atom stereocenters. The molecule has 2 aromatic rings. The Morgan fingerprint density at radius 1 is 1.13 bits per heavy atom. The fourth-order valence-electron chi connectivity index (χ4n) is 4.12. The molecule has 5 nitrogen and oxygen atoms in total. The van der Waals surface area contributed by atoms with E-state index in [0.717, 1.165) is 29.1 Å². The van der Waals surface area contributed by atoms with Gasteiger partial charge in [-0.2, -0.15) is 13.2 Å². The van der Waals surface area contributed by atoms with Gasteiger partial charge in [0.15, 0.2) is 0 Å². The van der Waals surface area contributed by atoms with E-state index in [-0.39, 0.29) is 17.6 Å². The van der Waals surface area contributed by atoms with Gasteiger partial charge in [0, 0.05) is 24.5 Å². The number of anilines is 3. The highest BCUT2D eigenvalue weighted by molar-refractivity contribution is 5.79. The highest BCUT2D eigenvalue weighted by atomic mass is 19.4. The maximum Gasteiger partial charge on any atom is 0.416 e. The molecule has 4 rings (SSSR count).